The van der Waals surface area contributed by atoms with Gasteiger partial charge in [-0.05, 0) is 22.6 Å². The van der Waals surface area contributed by atoms with Crippen LogP contribution in [0.5, 0.6) is 0 Å². The Hall–Kier alpha value is -0.560. The number of rotatable bonds is 3. The largest absolute Gasteiger partial charge is 0.0985 e. The molecule has 0 aromatic heterocycles. The number of benzene rings is 1. The molecule has 0 saturated carbocycles. The molecule has 0 heterocycles. The molecule has 0 aliphatic heterocycles. The van der Waals surface area contributed by atoms with Crippen molar-refractivity contribution in [1.29, 1.82) is 0 Å². The van der Waals surface area contributed by atoms with Crippen molar-refractivity contribution in [3.05, 3.63) is 41.5 Å². The summed E-state index contributed by atoms with van der Waals surface area (Å²) in [5.41, 5.74) is 3.91. The van der Waals surface area contributed by atoms with Crippen LogP contribution in [0.25, 0.3) is 6.08 Å². The summed E-state index contributed by atoms with van der Waals surface area (Å²) in [5.74, 6) is 0.581. The molecule has 0 bridgehead atoms. The van der Waals surface area contributed by atoms with E-state index in [9.17, 15) is 0 Å². The molecule has 0 fully saturated rings. The van der Waals surface area contributed by atoms with E-state index in [0.29, 0.717) is 5.92 Å². The van der Waals surface area contributed by atoms with Gasteiger partial charge in [0, 0.05) is 5.33 Å². The second-order valence-electron chi connectivity index (χ2n) is 3.50. The third-order valence-electron chi connectivity index (χ3n) is 2.09. The Labute approximate surface area is 88.8 Å². The minimum absolute atomic E-state index is 0.581. The minimum atomic E-state index is 0.581. The maximum absolute atomic E-state index is 3.79. The zero-order valence-corrected chi connectivity index (χ0v) is 9.76. The molecule has 0 radical (unpaired) electrons. The Kier molecular flexibility index (Phi) is 3.73. The van der Waals surface area contributed by atoms with Crippen LogP contribution in [0, 0.1) is 0 Å². The van der Waals surface area contributed by atoms with Crippen LogP contribution < -0.4 is 0 Å². The van der Waals surface area contributed by atoms with Crippen molar-refractivity contribution in [2.24, 2.45) is 0 Å². The van der Waals surface area contributed by atoms with Crippen molar-refractivity contribution in [2.75, 3.05) is 0 Å². The third kappa shape index (κ3) is 2.70. The molecule has 0 aliphatic rings. The van der Waals surface area contributed by atoms with Crippen LogP contribution in [0.3, 0.4) is 0 Å². The SMILES string of the molecule is C=Cc1cc(CBr)cc(C(C)C)c1. The molecule has 0 atom stereocenters. The molecule has 70 valence electrons. The highest BCUT2D eigenvalue weighted by atomic mass is 79.9. The summed E-state index contributed by atoms with van der Waals surface area (Å²) >= 11 is 3.47. The van der Waals surface area contributed by atoms with Gasteiger partial charge in [0.1, 0.15) is 0 Å². The van der Waals surface area contributed by atoms with E-state index in [1.807, 2.05) is 6.08 Å². The topological polar surface area (TPSA) is 0 Å². The molecule has 1 aromatic rings. The van der Waals surface area contributed by atoms with E-state index in [1.54, 1.807) is 0 Å². The van der Waals surface area contributed by atoms with Crippen LogP contribution >= 0.6 is 15.9 Å². The summed E-state index contributed by atoms with van der Waals surface area (Å²) in [6, 6.07) is 6.60. The third-order valence-corrected chi connectivity index (χ3v) is 2.74. The highest BCUT2D eigenvalue weighted by molar-refractivity contribution is 9.08. The lowest BCUT2D eigenvalue weighted by molar-refractivity contribution is 0.864. The van der Waals surface area contributed by atoms with E-state index < -0.39 is 0 Å². The van der Waals surface area contributed by atoms with Crippen LogP contribution in [0.15, 0.2) is 24.8 Å². The van der Waals surface area contributed by atoms with Crippen molar-refractivity contribution in [1.82, 2.24) is 0 Å². The predicted octanol–water partition coefficient (Wildman–Crippen LogP) is 4.35. The molecule has 0 unspecified atom stereocenters. The Morgan fingerprint density at radius 3 is 2.54 bits per heavy atom. The van der Waals surface area contributed by atoms with Crippen molar-refractivity contribution in [3.63, 3.8) is 0 Å². The summed E-state index contributed by atoms with van der Waals surface area (Å²) in [4.78, 5) is 0. The smallest absolute Gasteiger partial charge is 0.0283 e. The van der Waals surface area contributed by atoms with Crippen molar-refractivity contribution in [2.45, 2.75) is 25.1 Å². The van der Waals surface area contributed by atoms with Gasteiger partial charge < -0.3 is 0 Å². The van der Waals surface area contributed by atoms with Gasteiger partial charge >= 0.3 is 0 Å². The highest BCUT2D eigenvalue weighted by Crippen LogP contribution is 2.20. The maximum atomic E-state index is 3.79. The van der Waals surface area contributed by atoms with Gasteiger partial charge in [0.25, 0.3) is 0 Å². The number of hydrogen-bond donors (Lipinski definition) is 0. The first-order valence-electron chi connectivity index (χ1n) is 4.49. The molecule has 0 aliphatic carbocycles. The van der Waals surface area contributed by atoms with Gasteiger partial charge in [-0.3, -0.25) is 0 Å². The summed E-state index contributed by atoms with van der Waals surface area (Å²) in [6.45, 7) is 8.21. The van der Waals surface area contributed by atoms with Crippen molar-refractivity contribution >= 4 is 22.0 Å². The molecule has 0 N–H and O–H groups in total. The standard InChI is InChI=1S/C12H15Br/c1-4-10-5-11(8-13)7-12(6-10)9(2)3/h4-7,9H,1,8H2,2-3H3. The van der Waals surface area contributed by atoms with Gasteiger partial charge in [-0.2, -0.15) is 0 Å². The van der Waals surface area contributed by atoms with E-state index in [0.717, 1.165) is 5.33 Å². The molecule has 0 saturated heterocycles. The zero-order chi connectivity index (χ0) is 9.84. The first-order chi connectivity index (χ1) is 6.17. The quantitative estimate of drug-likeness (QED) is 0.688. The molecule has 0 spiro atoms. The fourth-order valence-corrected chi connectivity index (χ4v) is 1.60. The average Bonchev–Trinajstić information content (AvgIpc) is 2.16. The van der Waals surface area contributed by atoms with Crippen LogP contribution in [0.2, 0.25) is 0 Å². The van der Waals surface area contributed by atoms with E-state index in [2.05, 4.69) is 54.6 Å². The van der Waals surface area contributed by atoms with Gasteiger partial charge in [-0.1, -0.05) is 60.6 Å². The minimum Gasteiger partial charge on any atom is -0.0985 e. The lowest BCUT2D eigenvalue weighted by Gasteiger charge is -2.08. The Balaban J connectivity index is 3.14. The van der Waals surface area contributed by atoms with E-state index in [-0.39, 0.29) is 0 Å². The molecule has 1 heteroatoms. The molecule has 0 amide bonds. The van der Waals surface area contributed by atoms with Crippen LogP contribution in [0.1, 0.15) is 36.5 Å². The van der Waals surface area contributed by atoms with Gasteiger partial charge in [0.05, 0.1) is 0 Å². The molecule has 13 heavy (non-hydrogen) atoms. The average molecular weight is 239 g/mol. The van der Waals surface area contributed by atoms with Crippen molar-refractivity contribution in [3.8, 4) is 0 Å². The lowest BCUT2D eigenvalue weighted by atomic mass is 9.98. The monoisotopic (exact) mass is 238 g/mol. The molecule has 1 aromatic carbocycles. The summed E-state index contributed by atoms with van der Waals surface area (Å²) in [6.07, 6.45) is 1.90. The van der Waals surface area contributed by atoms with Crippen LogP contribution in [0.4, 0.5) is 0 Å². The van der Waals surface area contributed by atoms with E-state index in [1.165, 1.54) is 16.7 Å². The predicted molar refractivity (Wildman–Crippen MR) is 63.3 cm³/mol. The number of halogens is 1. The van der Waals surface area contributed by atoms with Crippen LogP contribution in [-0.2, 0) is 5.33 Å². The highest BCUT2D eigenvalue weighted by Gasteiger charge is 2.01. The molecular weight excluding hydrogens is 224 g/mol. The Morgan fingerprint density at radius 1 is 1.38 bits per heavy atom. The van der Waals surface area contributed by atoms with Crippen molar-refractivity contribution < 1.29 is 0 Å². The molecule has 0 nitrogen and oxygen atoms in total. The number of hydrogen-bond acceptors (Lipinski definition) is 0. The van der Waals surface area contributed by atoms with Gasteiger partial charge in [-0.25, -0.2) is 0 Å². The van der Waals surface area contributed by atoms with E-state index >= 15 is 0 Å². The summed E-state index contributed by atoms with van der Waals surface area (Å²) in [5, 5.41) is 0.911. The fourth-order valence-electron chi connectivity index (χ4n) is 1.27. The second-order valence-corrected chi connectivity index (χ2v) is 4.06. The second kappa shape index (κ2) is 4.61. The normalized spacial score (nSPS) is 10.5. The summed E-state index contributed by atoms with van der Waals surface area (Å²) in [7, 11) is 0. The number of alkyl halides is 1. The van der Waals surface area contributed by atoms with Gasteiger partial charge in [0.15, 0.2) is 0 Å². The Bertz CT molecular complexity index is 300. The first kappa shape index (κ1) is 10.5. The lowest BCUT2D eigenvalue weighted by Crippen LogP contribution is -1.90. The zero-order valence-electron chi connectivity index (χ0n) is 8.18. The van der Waals surface area contributed by atoms with E-state index in [4.69, 9.17) is 0 Å². The molecular formula is C12H15Br. The van der Waals surface area contributed by atoms with Crippen LogP contribution in [-0.4, -0.2) is 0 Å². The Morgan fingerprint density at radius 2 is 2.08 bits per heavy atom. The maximum Gasteiger partial charge on any atom is 0.0283 e. The van der Waals surface area contributed by atoms with Gasteiger partial charge in [0.2, 0.25) is 0 Å². The fraction of sp³-hybridized carbons (Fsp3) is 0.333. The summed E-state index contributed by atoms with van der Waals surface area (Å²) < 4.78 is 0. The van der Waals surface area contributed by atoms with Gasteiger partial charge in [-0.15, -0.1) is 0 Å². The first-order valence-corrected chi connectivity index (χ1v) is 5.61. The molecule has 1 rings (SSSR count).